The minimum absolute atomic E-state index is 0.0219. The number of pyridine rings is 1. The first-order valence-corrected chi connectivity index (χ1v) is 5.12. The van der Waals surface area contributed by atoms with Crippen LogP contribution in [0.3, 0.4) is 0 Å². The van der Waals surface area contributed by atoms with Crippen LogP contribution in [0.2, 0.25) is 0 Å². The van der Waals surface area contributed by atoms with Crippen molar-refractivity contribution in [1.29, 1.82) is 0 Å². The highest BCUT2D eigenvalue weighted by molar-refractivity contribution is 8.14. The van der Waals surface area contributed by atoms with Gasteiger partial charge in [-0.1, -0.05) is 0 Å². The molecule has 0 aromatic carbocycles. The summed E-state index contributed by atoms with van der Waals surface area (Å²) in [5.74, 6) is -0.570. The Morgan fingerprint density at radius 2 is 2.17 bits per heavy atom. The number of anilines is 1. The van der Waals surface area contributed by atoms with E-state index in [1.807, 2.05) is 4.72 Å². The Kier molecular flexibility index (Phi) is 2.49. The standard InChI is InChI=1S/C5H4ClFN2O2S/c6-12(10,11)9-5-2-1-4(7)3-8-5/h1-3H,(H,8,9). The molecular weight excluding hydrogens is 207 g/mol. The third kappa shape index (κ3) is 3.02. The van der Waals surface area contributed by atoms with E-state index >= 15 is 0 Å². The molecule has 1 rings (SSSR count). The predicted molar refractivity (Wildman–Crippen MR) is 42.6 cm³/mol. The van der Waals surface area contributed by atoms with Crippen molar-refractivity contribution in [3.8, 4) is 0 Å². The maximum absolute atomic E-state index is 12.2. The monoisotopic (exact) mass is 210 g/mol. The molecular formula is C5H4ClFN2O2S. The molecule has 0 aliphatic rings. The van der Waals surface area contributed by atoms with Crippen molar-refractivity contribution in [2.45, 2.75) is 0 Å². The van der Waals surface area contributed by atoms with E-state index in [9.17, 15) is 12.8 Å². The molecule has 7 heteroatoms. The molecule has 0 amide bonds. The lowest BCUT2D eigenvalue weighted by molar-refractivity contribution is 0.612. The van der Waals surface area contributed by atoms with E-state index in [1.165, 1.54) is 0 Å². The quantitative estimate of drug-likeness (QED) is 0.744. The summed E-state index contributed by atoms with van der Waals surface area (Å²) in [6.45, 7) is 0. The number of nitrogens with zero attached hydrogens (tertiary/aromatic N) is 1. The first kappa shape index (κ1) is 9.21. The van der Waals surface area contributed by atoms with Gasteiger partial charge < -0.3 is 0 Å². The lowest BCUT2D eigenvalue weighted by Gasteiger charge is -1.98. The smallest absolute Gasteiger partial charge is 0.254 e. The van der Waals surface area contributed by atoms with Crippen LogP contribution in [-0.4, -0.2) is 13.4 Å². The van der Waals surface area contributed by atoms with Gasteiger partial charge in [0.25, 0.3) is 0 Å². The van der Waals surface area contributed by atoms with Gasteiger partial charge in [-0.15, -0.1) is 0 Å². The molecule has 1 aromatic heterocycles. The zero-order valence-corrected chi connectivity index (χ0v) is 7.23. The average Bonchev–Trinajstić information content (AvgIpc) is 1.91. The maximum Gasteiger partial charge on any atom is 0.320 e. The Bertz CT molecular complexity index is 364. The molecule has 0 aliphatic carbocycles. The third-order valence-corrected chi connectivity index (χ3v) is 1.64. The molecule has 4 nitrogen and oxygen atoms in total. The van der Waals surface area contributed by atoms with Gasteiger partial charge in [-0.05, 0) is 12.1 Å². The molecule has 0 atom stereocenters. The van der Waals surface area contributed by atoms with Crippen molar-refractivity contribution in [2.24, 2.45) is 0 Å². The van der Waals surface area contributed by atoms with E-state index in [0.717, 1.165) is 18.3 Å². The number of nitrogens with one attached hydrogen (secondary N) is 1. The van der Waals surface area contributed by atoms with Crippen molar-refractivity contribution in [3.05, 3.63) is 24.1 Å². The Hall–Kier alpha value is -0.880. The summed E-state index contributed by atoms with van der Waals surface area (Å²) in [6, 6.07) is 2.23. The second kappa shape index (κ2) is 3.24. The van der Waals surface area contributed by atoms with E-state index in [-0.39, 0.29) is 5.82 Å². The highest BCUT2D eigenvalue weighted by atomic mass is 35.7. The summed E-state index contributed by atoms with van der Waals surface area (Å²) in [5, 5.41) is 0. The van der Waals surface area contributed by atoms with Gasteiger partial charge in [-0.25, -0.2) is 9.37 Å². The molecule has 0 unspecified atom stereocenters. The van der Waals surface area contributed by atoms with E-state index < -0.39 is 15.1 Å². The summed E-state index contributed by atoms with van der Waals surface area (Å²) >= 11 is 0. The van der Waals surface area contributed by atoms with Crippen molar-refractivity contribution >= 4 is 25.7 Å². The van der Waals surface area contributed by atoms with Crippen LogP contribution in [-0.2, 0) is 9.24 Å². The first-order chi connectivity index (χ1) is 5.47. The summed E-state index contributed by atoms with van der Waals surface area (Å²) in [5.41, 5.74) is 0. The van der Waals surface area contributed by atoms with Crippen LogP contribution in [0.5, 0.6) is 0 Å². The van der Waals surface area contributed by atoms with E-state index in [1.54, 1.807) is 0 Å². The number of hydrogen-bond donors (Lipinski definition) is 1. The molecule has 0 radical (unpaired) electrons. The zero-order chi connectivity index (χ0) is 9.19. The number of hydrogen-bond acceptors (Lipinski definition) is 3. The topological polar surface area (TPSA) is 59.1 Å². The molecule has 0 fully saturated rings. The van der Waals surface area contributed by atoms with Gasteiger partial charge in [0.1, 0.15) is 11.6 Å². The highest BCUT2D eigenvalue weighted by Gasteiger charge is 2.04. The number of halogens is 2. The molecule has 1 aromatic rings. The Morgan fingerprint density at radius 1 is 1.50 bits per heavy atom. The zero-order valence-electron chi connectivity index (χ0n) is 5.66. The lowest BCUT2D eigenvalue weighted by Crippen LogP contribution is -2.05. The lowest BCUT2D eigenvalue weighted by atomic mass is 10.5. The van der Waals surface area contributed by atoms with Gasteiger partial charge in [0, 0.05) is 10.7 Å². The summed E-state index contributed by atoms with van der Waals surface area (Å²) < 4.78 is 34.9. The van der Waals surface area contributed by atoms with Gasteiger partial charge in [0.2, 0.25) is 0 Å². The average molecular weight is 211 g/mol. The van der Waals surface area contributed by atoms with Crippen LogP contribution in [0.4, 0.5) is 10.2 Å². The van der Waals surface area contributed by atoms with E-state index in [4.69, 9.17) is 10.7 Å². The molecule has 1 heterocycles. The second-order valence-electron chi connectivity index (χ2n) is 1.90. The fourth-order valence-corrected chi connectivity index (χ4v) is 1.17. The fraction of sp³-hybridized carbons (Fsp3) is 0. The Morgan fingerprint density at radius 3 is 2.58 bits per heavy atom. The Labute approximate surface area is 72.9 Å². The van der Waals surface area contributed by atoms with Crippen LogP contribution in [0, 0.1) is 5.82 Å². The molecule has 66 valence electrons. The maximum atomic E-state index is 12.2. The van der Waals surface area contributed by atoms with Gasteiger partial charge >= 0.3 is 9.24 Å². The van der Waals surface area contributed by atoms with Crippen LogP contribution in [0.15, 0.2) is 18.3 Å². The number of aromatic nitrogens is 1. The molecule has 0 bridgehead atoms. The van der Waals surface area contributed by atoms with Gasteiger partial charge in [0.15, 0.2) is 0 Å². The second-order valence-corrected chi connectivity index (χ2v) is 4.20. The SMILES string of the molecule is O=S(=O)(Cl)Nc1ccc(F)cn1. The minimum Gasteiger partial charge on any atom is -0.254 e. The van der Waals surface area contributed by atoms with Crippen molar-refractivity contribution in [3.63, 3.8) is 0 Å². The molecule has 0 saturated heterocycles. The van der Waals surface area contributed by atoms with Crippen LogP contribution in [0.1, 0.15) is 0 Å². The van der Waals surface area contributed by atoms with E-state index in [0.29, 0.717) is 0 Å². The largest absolute Gasteiger partial charge is 0.320 e. The highest BCUT2D eigenvalue weighted by Crippen LogP contribution is 2.07. The molecule has 0 saturated carbocycles. The molecule has 1 N–H and O–H groups in total. The Balaban J connectivity index is 2.85. The fourth-order valence-electron chi connectivity index (χ4n) is 0.561. The van der Waals surface area contributed by atoms with Crippen molar-refractivity contribution in [1.82, 2.24) is 4.98 Å². The van der Waals surface area contributed by atoms with Gasteiger partial charge in [-0.2, -0.15) is 8.42 Å². The predicted octanol–water partition coefficient (Wildman–Crippen LogP) is 1.12. The third-order valence-electron chi connectivity index (χ3n) is 0.954. The summed E-state index contributed by atoms with van der Waals surface area (Å²) in [7, 11) is 0.982. The van der Waals surface area contributed by atoms with Crippen molar-refractivity contribution < 1.29 is 12.8 Å². The van der Waals surface area contributed by atoms with Gasteiger partial charge in [-0.3, -0.25) is 4.72 Å². The van der Waals surface area contributed by atoms with Crippen LogP contribution in [0.25, 0.3) is 0 Å². The van der Waals surface area contributed by atoms with Crippen LogP contribution >= 0.6 is 10.7 Å². The van der Waals surface area contributed by atoms with Crippen molar-refractivity contribution in [2.75, 3.05) is 4.72 Å². The molecule has 12 heavy (non-hydrogen) atoms. The molecule has 0 spiro atoms. The minimum atomic E-state index is -3.85. The normalized spacial score (nSPS) is 11.2. The molecule has 0 aliphatic heterocycles. The summed E-state index contributed by atoms with van der Waals surface area (Å²) in [6.07, 6.45) is 0.879. The number of rotatable bonds is 2. The summed E-state index contributed by atoms with van der Waals surface area (Å²) in [4.78, 5) is 3.41. The van der Waals surface area contributed by atoms with Crippen LogP contribution < -0.4 is 4.72 Å². The van der Waals surface area contributed by atoms with Gasteiger partial charge in [0.05, 0.1) is 6.20 Å². The first-order valence-electron chi connectivity index (χ1n) is 2.81. The van der Waals surface area contributed by atoms with E-state index in [2.05, 4.69) is 4.98 Å².